The van der Waals surface area contributed by atoms with Crippen molar-refractivity contribution in [2.45, 2.75) is 26.7 Å². The summed E-state index contributed by atoms with van der Waals surface area (Å²) in [5, 5.41) is 16.8. The molecule has 1 saturated heterocycles. The van der Waals surface area contributed by atoms with Crippen LogP contribution in [-0.2, 0) is 4.79 Å². The molecule has 0 saturated carbocycles. The average molecular weight is 316 g/mol. The Bertz CT molecular complexity index is 543. The summed E-state index contributed by atoms with van der Waals surface area (Å²) in [5.74, 6) is -0.327. The van der Waals surface area contributed by atoms with Gasteiger partial charge in [0.1, 0.15) is 0 Å². The molecule has 1 aromatic rings. The third-order valence-electron chi connectivity index (χ3n) is 3.39. The van der Waals surface area contributed by atoms with Crippen molar-refractivity contribution in [2.75, 3.05) is 19.6 Å². The van der Waals surface area contributed by atoms with Crippen LogP contribution in [0.2, 0.25) is 0 Å². The number of nitrogens with one attached hydrogen (secondary N) is 2. The number of rotatable bonds is 3. The molecule has 2 N–H and O–H groups in total. The number of carbonyl (C=O) groups is 2. The Labute approximate surface area is 137 Å². The molecular weight excluding hydrogens is 292 g/mol. The number of hydrogen-bond donors (Lipinski definition) is 2. The molecule has 0 bridgehead atoms. The summed E-state index contributed by atoms with van der Waals surface area (Å²) in [4.78, 5) is 25.6. The fraction of sp³-hybridized carbons (Fsp3) is 0.412. The van der Waals surface area contributed by atoms with Crippen LogP contribution in [0.1, 0.15) is 42.6 Å². The van der Waals surface area contributed by atoms with Crippen LogP contribution in [0.5, 0.6) is 0 Å². The molecule has 0 spiro atoms. The smallest absolute Gasteiger partial charge is 0.251 e. The minimum atomic E-state index is -0.292. The van der Waals surface area contributed by atoms with Gasteiger partial charge in [-0.3, -0.25) is 9.59 Å². The molecule has 0 radical (unpaired) electrons. The first-order valence-corrected chi connectivity index (χ1v) is 7.12. The van der Waals surface area contributed by atoms with Crippen LogP contribution in [0.15, 0.2) is 24.3 Å². The first-order valence-electron chi connectivity index (χ1n) is 7.12. The van der Waals surface area contributed by atoms with Crippen LogP contribution < -0.4 is 5.32 Å². The van der Waals surface area contributed by atoms with E-state index in [-0.39, 0.29) is 25.8 Å². The highest BCUT2D eigenvalue weighted by molar-refractivity contribution is 5.96. The quantitative estimate of drug-likeness (QED) is 0.836. The van der Waals surface area contributed by atoms with Gasteiger partial charge in [-0.25, -0.2) is 0 Å². The maximum Gasteiger partial charge on any atom is 0.251 e. The van der Waals surface area contributed by atoms with Crippen molar-refractivity contribution in [1.82, 2.24) is 10.2 Å². The standard InChI is InChI=1S/C15H17N3O2.CH3N.CH4/c16-10-12-4-6-13(7-5-12)15(20)17-11-14(19)18-8-2-1-3-9-18;1-2;/h4-7H,1-3,8-9,11H2,(H,17,20);2H,1H2;1H4. The van der Waals surface area contributed by atoms with Gasteiger partial charge in [0.2, 0.25) is 5.91 Å². The van der Waals surface area contributed by atoms with E-state index in [9.17, 15) is 9.59 Å². The van der Waals surface area contributed by atoms with E-state index >= 15 is 0 Å². The average Bonchev–Trinajstić information content (AvgIpc) is 2.62. The zero-order valence-corrected chi connectivity index (χ0v) is 12.5. The number of likely N-dealkylation sites (tertiary alicyclic amines) is 1. The highest BCUT2D eigenvalue weighted by Crippen LogP contribution is 2.08. The summed E-state index contributed by atoms with van der Waals surface area (Å²) < 4.78 is 0. The second-order valence-electron chi connectivity index (χ2n) is 4.81. The second-order valence-corrected chi connectivity index (χ2v) is 4.81. The maximum absolute atomic E-state index is 11.9. The van der Waals surface area contributed by atoms with Crippen LogP contribution in [0.3, 0.4) is 0 Å². The van der Waals surface area contributed by atoms with Gasteiger partial charge in [-0.05, 0) is 50.2 Å². The van der Waals surface area contributed by atoms with E-state index in [0.717, 1.165) is 25.9 Å². The van der Waals surface area contributed by atoms with Crippen molar-refractivity contribution >= 4 is 18.5 Å². The molecule has 124 valence electrons. The van der Waals surface area contributed by atoms with Gasteiger partial charge in [0.25, 0.3) is 5.91 Å². The second kappa shape index (κ2) is 11.0. The Kier molecular flexibility index (Phi) is 9.69. The van der Waals surface area contributed by atoms with Gasteiger partial charge in [0.15, 0.2) is 0 Å². The Morgan fingerprint density at radius 3 is 2.26 bits per heavy atom. The molecule has 0 atom stereocenters. The summed E-state index contributed by atoms with van der Waals surface area (Å²) >= 11 is 0. The first-order chi connectivity index (χ1) is 10.7. The number of piperidine rings is 1. The molecule has 0 unspecified atom stereocenters. The zero-order valence-electron chi connectivity index (χ0n) is 12.5. The van der Waals surface area contributed by atoms with E-state index < -0.39 is 0 Å². The predicted molar refractivity (Wildman–Crippen MR) is 90.5 cm³/mol. The van der Waals surface area contributed by atoms with E-state index in [1.54, 1.807) is 29.2 Å². The van der Waals surface area contributed by atoms with E-state index in [1.165, 1.54) is 6.42 Å². The van der Waals surface area contributed by atoms with Crippen molar-refractivity contribution in [2.24, 2.45) is 0 Å². The molecule has 1 aliphatic heterocycles. The first kappa shape index (κ1) is 20.3. The minimum absolute atomic E-state index is 0. The third-order valence-corrected chi connectivity index (χ3v) is 3.39. The number of nitriles is 1. The number of carbonyl (C=O) groups excluding carboxylic acids is 2. The van der Waals surface area contributed by atoms with Gasteiger partial charge in [0.05, 0.1) is 18.2 Å². The van der Waals surface area contributed by atoms with Gasteiger partial charge < -0.3 is 15.6 Å². The summed E-state index contributed by atoms with van der Waals surface area (Å²) in [7, 11) is 0. The third kappa shape index (κ3) is 6.30. The SMILES string of the molecule is C.C=N.N#Cc1ccc(C(=O)NCC(=O)N2CCCCC2)cc1. The highest BCUT2D eigenvalue weighted by atomic mass is 16.2. The normalized spacial score (nSPS) is 12.7. The lowest BCUT2D eigenvalue weighted by Gasteiger charge is -2.26. The summed E-state index contributed by atoms with van der Waals surface area (Å²) in [5.41, 5.74) is 0.960. The maximum atomic E-state index is 11.9. The van der Waals surface area contributed by atoms with Crippen molar-refractivity contribution in [3.63, 3.8) is 0 Å². The number of benzene rings is 1. The molecule has 23 heavy (non-hydrogen) atoms. The number of hydrogen-bond acceptors (Lipinski definition) is 4. The Hall–Kier alpha value is -2.68. The Morgan fingerprint density at radius 1 is 1.17 bits per heavy atom. The molecule has 2 amide bonds. The summed E-state index contributed by atoms with van der Waals surface area (Å²) in [6.07, 6.45) is 3.24. The molecule has 6 heteroatoms. The fourth-order valence-electron chi connectivity index (χ4n) is 2.21. The molecule has 0 aromatic heterocycles. The molecule has 1 aliphatic rings. The predicted octanol–water partition coefficient (Wildman–Crippen LogP) is 2.20. The number of nitrogens with zero attached hydrogens (tertiary/aromatic N) is 2. The Morgan fingerprint density at radius 2 is 1.74 bits per heavy atom. The van der Waals surface area contributed by atoms with Crippen LogP contribution in [0, 0.1) is 16.7 Å². The van der Waals surface area contributed by atoms with E-state index in [4.69, 9.17) is 10.7 Å². The summed E-state index contributed by atoms with van der Waals surface area (Å²) in [6.45, 7) is 4.09. The van der Waals surface area contributed by atoms with Gasteiger partial charge >= 0.3 is 0 Å². The summed E-state index contributed by atoms with van der Waals surface area (Å²) in [6, 6.07) is 8.33. The van der Waals surface area contributed by atoms with Crippen molar-refractivity contribution in [3.05, 3.63) is 35.4 Å². The Balaban J connectivity index is 0.00000155. The lowest BCUT2D eigenvalue weighted by Crippen LogP contribution is -2.42. The van der Waals surface area contributed by atoms with Gasteiger partial charge in [0, 0.05) is 18.7 Å². The van der Waals surface area contributed by atoms with E-state index in [2.05, 4.69) is 12.0 Å². The van der Waals surface area contributed by atoms with Gasteiger partial charge in [-0.15, -0.1) is 0 Å². The lowest BCUT2D eigenvalue weighted by molar-refractivity contribution is -0.130. The van der Waals surface area contributed by atoms with Crippen LogP contribution in [0.4, 0.5) is 0 Å². The monoisotopic (exact) mass is 316 g/mol. The van der Waals surface area contributed by atoms with Crippen LogP contribution in [-0.4, -0.2) is 43.1 Å². The van der Waals surface area contributed by atoms with Gasteiger partial charge in [-0.2, -0.15) is 5.26 Å². The lowest BCUT2D eigenvalue weighted by atomic mass is 10.1. The van der Waals surface area contributed by atoms with E-state index in [1.807, 2.05) is 6.07 Å². The molecule has 2 rings (SSSR count). The zero-order chi connectivity index (χ0) is 16.4. The van der Waals surface area contributed by atoms with E-state index in [0.29, 0.717) is 11.1 Å². The number of amides is 2. The highest BCUT2D eigenvalue weighted by Gasteiger charge is 2.17. The molecule has 6 nitrogen and oxygen atoms in total. The van der Waals surface area contributed by atoms with Crippen LogP contribution in [0.25, 0.3) is 0 Å². The molecule has 1 heterocycles. The largest absolute Gasteiger partial charge is 0.343 e. The van der Waals surface area contributed by atoms with Gasteiger partial charge in [-0.1, -0.05) is 7.43 Å². The van der Waals surface area contributed by atoms with Crippen molar-refractivity contribution < 1.29 is 9.59 Å². The molecule has 0 aliphatic carbocycles. The van der Waals surface area contributed by atoms with Crippen LogP contribution >= 0.6 is 0 Å². The topological polar surface area (TPSA) is 97.0 Å². The van der Waals surface area contributed by atoms with Crippen molar-refractivity contribution in [1.29, 1.82) is 10.7 Å². The minimum Gasteiger partial charge on any atom is -0.343 e. The molecule has 1 fully saturated rings. The molecular formula is C17H24N4O2. The fourth-order valence-corrected chi connectivity index (χ4v) is 2.21. The molecule has 1 aromatic carbocycles. The van der Waals surface area contributed by atoms with Crippen molar-refractivity contribution in [3.8, 4) is 6.07 Å².